The van der Waals surface area contributed by atoms with Crippen molar-refractivity contribution in [2.45, 2.75) is 45.4 Å². The Labute approximate surface area is 105 Å². The van der Waals surface area contributed by atoms with Gasteiger partial charge in [-0.15, -0.1) is 11.6 Å². The van der Waals surface area contributed by atoms with Crippen LogP contribution in [-0.4, -0.2) is 37.9 Å². The highest BCUT2D eigenvalue weighted by molar-refractivity contribution is 7.92. The van der Waals surface area contributed by atoms with E-state index in [0.717, 1.165) is 6.42 Å². The van der Waals surface area contributed by atoms with Crippen molar-refractivity contribution in [3.63, 3.8) is 0 Å². The number of hydrogen-bond acceptors (Lipinski definition) is 3. The molecule has 0 aromatic heterocycles. The van der Waals surface area contributed by atoms with Crippen LogP contribution < -0.4 is 5.32 Å². The third-order valence-electron chi connectivity index (χ3n) is 2.48. The Bertz CT molecular complexity index is 276. The van der Waals surface area contributed by atoms with Gasteiger partial charge < -0.3 is 5.32 Å². The molecule has 0 heterocycles. The second-order valence-corrected chi connectivity index (χ2v) is 7.84. The van der Waals surface area contributed by atoms with E-state index >= 15 is 0 Å². The Morgan fingerprint density at radius 1 is 1.19 bits per heavy atom. The molecule has 98 valence electrons. The maximum absolute atomic E-state index is 11.5. The minimum atomic E-state index is -2.94. The summed E-state index contributed by atoms with van der Waals surface area (Å²) in [7, 11) is -2.94. The Morgan fingerprint density at radius 2 is 1.75 bits per heavy atom. The monoisotopic (exact) mass is 269 g/mol. The average Bonchev–Trinajstić information content (AvgIpc) is 2.15. The van der Waals surface area contributed by atoms with Gasteiger partial charge >= 0.3 is 0 Å². The summed E-state index contributed by atoms with van der Waals surface area (Å²) in [4.78, 5) is 0. The fourth-order valence-corrected chi connectivity index (χ4v) is 2.52. The van der Waals surface area contributed by atoms with Crippen molar-refractivity contribution in [3.05, 3.63) is 0 Å². The van der Waals surface area contributed by atoms with Gasteiger partial charge in [0.1, 0.15) is 0 Å². The van der Waals surface area contributed by atoms with Crippen LogP contribution in [-0.2, 0) is 9.84 Å². The van der Waals surface area contributed by atoms with Gasteiger partial charge in [0.05, 0.1) is 11.0 Å². The van der Waals surface area contributed by atoms with E-state index in [1.165, 1.54) is 0 Å². The quantitative estimate of drug-likeness (QED) is 0.686. The highest BCUT2D eigenvalue weighted by Gasteiger charge is 2.16. The predicted octanol–water partition coefficient (Wildman–Crippen LogP) is 2.05. The number of rotatable bonds is 8. The molecule has 1 N–H and O–H groups in total. The van der Waals surface area contributed by atoms with Gasteiger partial charge in [-0.2, -0.15) is 0 Å². The number of nitrogens with one attached hydrogen (secondary N) is 1. The topological polar surface area (TPSA) is 46.2 Å². The fourth-order valence-electron chi connectivity index (χ4n) is 1.41. The van der Waals surface area contributed by atoms with Gasteiger partial charge in [0.25, 0.3) is 0 Å². The summed E-state index contributed by atoms with van der Waals surface area (Å²) >= 11 is 5.81. The van der Waals surface area contributed by atoms with Crippen molar-refractivity contribution in [2.75, 3.05) is 18.2 Å². The Hall–Kier alpha value is 0.200. The average molecular weight is 270 g/mol. The maximum atomic E-state index is 11.5. The fraction of sp³-hybridized carbons (Fsp3) is 1.00. The predicted molar refractivity (Wildman–Crippen MR) is 70.9 cm³/mol. The van der Waals surface area contributed by atoms with Gasteiger partial charge in [-0.05, 0) is 26.2 Å². The summed E-state index contributed by atoms with van der Waals surface area (Å²) in [6.07, 6.45) is 0.977. The smallest absolute Gasteiger partial charge is 0.153 e. The van der Waals surface area contributed by atoms with Crippen LogP contribution in [0.1, 0.15) is 34.1 Å². The zero-order chi connectivity index (χ0) is 12.8. The standard InChI is InChI=1S/C11H24ClNO2S/c1-9(2)7-11(8-12)13-5-6-16(14,15)10(3)4/h9-11,13H,5-8H2,1-4H3. The lowest BCUT2D eigenvalue weighted by Crippen LogP contribution is -2.36. The molecule has 1 atom stereocenters. The van der Waals surface area contributed by atoms with Crippen LogP contribution in [0.4, 0.5) is 0 Å². The zero-order valence-corrected chi connectivity index (χ0v) is 12.2. The lowest BCUT2D eigenvalue weighted by Gasteiger charge is -2.18. The number of alkyl halides is 1. The Kier molecular flexibility index (Phi) is 7.61. The summed E-state index contributed by atoms with van der Waals surface area (Å²) in [6, 6.07) is 0.212. The van der Waals surface area contributed by atoms with Crippen molar-refractivity contribution >= 4 is 21.4 Å². The van der Waals surface area contributed by atoms with Gasteiger partial charge in [-0.25, -0.2) is 8.42 Å². The molecule has 1 unspecified atom stereocenters. The van der Waals surface area contributed by atoms with Crippen molar-refractivity contribution < 1.29 is 8.42 Å². The molecule has 5 heteroatoms. The van der Waals surface area contributed by atoms with E-state index in [9.17, 15) is 8.42 Å². The second-order valence-electron chi connectivity index (χ2n) is 4.85. The first-order valence-electron chi connectivity index (χ1n) is 5.80. The zero-order valence-electron chi connectivity index (χ0n) is 10.7. The SMILES string of the molecule is CC(C)CC(CCl)NCCS(=O)(=O)C(C)C. The molecule has 0 amide bonds. The summed E-state index contributed by atoms with van der Waals surface area (Å²) < 4.78 is 23.1. The van der Waals surface area contributed by atoms with Gasteiger partial charge in [0.15, 0.2) is 9.84 Å². The molecule has 0 aliphatic rings. The minimum absolute atomic E-state index is 0.191. The molecule has 0 bridgehead atoms. The molecule has 0 aliphatic heterocycles. The van der Waals surface area contributed by atoms with Crippen molar-refractivity contribution in [1.29, 1.82) is 0 Å². The number of sulfone groups is 1. The third kappa shape index (κ3) is 6.71. The second kappa shape index (κ2) is 7.51. The first kappa shape index (κ1) is 16.2. The molecule has 0 spiro atoms. The molecule has 0 fully saturated rings. The lowest BCUT2D eigenvalue weighted by atomic mass is 10.1. The summed E-state index contributed by atoms with van der Waals surface area (Å²) in [5.74, 6) is 1.29. The molecule has 0 aromatic carbocycles. The van der Waals surface area contributed by atoms with E-state index in [1.54, 1.807) is 13.8 Å². The molecule has 0 aliphatic carbocycles. The van der Waals surface area contributed by atoms with Crippen molar-refractivity contribution in [2.24, 2.45) is 5.92 Å². The molecule has 3 nitrogen and oxygen atoms in total. The van der Waals surface area contributed by atoms with E-state index in [-0.39, 0.29) is 17.0 Å². The van der Waals surface area contributed by atoms with Crippen LogP contribution in [0.3, 0.4) is 0 Å². The molecule has 0 saturated heterocycles. The van der Waals surface area contributed by atoms with E-state index in [1.807, 2.05) is 0 Å². The van der Waals surface area contributed by atoms with Gasteiger partial charge in [0.2, 0.25) is 0 Å². The molecule has 0 radical (unpaired) electrons. The van der Waals surface area contributed by atoms with E-state index in [2.05, 4.69) is 19.2 Å². The van der Waals surface area contributed by atoms with Gasteiger partial charge in [-0.1, -0.05) is 13.8 Å². The summed E-state index contributed by atoms with van der Waals surface area (Å²) in [5, 5.41) is 2.90. The number of halogens is 1. The minimum Gasteiger partial charge on any atom is -0.312 e. The molecule has 0 rings (SSSR count). The maximum Gasteiger partial charge on any atom is 0.153 e. The largest absolute Gasteiger partial charge is 0.312 e. The van der Waals surface area contributed by atoms with E-state index < -0.39 is 9.84 Å². The Balaban J connectivity index is 3.96. The third-order valence-corrected chi connectivity index (χ3v) is 5.06. The van der Waals surface area contributed by atoms with Crippen LogP contribution in [0, 0.1) is 5.92 Å². The first-order valence-corrected chi connectivity index (χ1v) is 8.05. The normalized spacial score (nSPS) is 14.7. The molecular weight excluding hydrogens is 246 g/mol. The van der Waals surface area contributed by atoms with Crippen LogP contribution in [0.5, 0.6) is 0 Å². The van der Waals surface area contributed by atoms with Gasteiger partial charge in [0, 0.05) is 18.5 Å². The van der Waals surface area contributed by atoms with Crippen LogP contribution in [0.25, 0.3) is 0 Å². The molecular formula is C11H24ClNO2S. The van der Waals surface area contributed by atoms with E-state index in [4.69, 9.17) is 11.6 Å². The summed E-state index contributed by atoms with van der Waals surface area (Å²) in [6.45, 7) is 8.17. The van der Waals surface area contributed by atoms with Crippen molar-refractivity contribution in [3.8, 4) is 0 Å². The highest BCUT2D eigenvalue weighted by atomic mass is 35.5. The van der Waals surface area contributed by atoms with E-state index in [0.29, 0.717) is 18.3 Å². The van der Waals surface area contributed by atoms with Crippen LogP contribution >= 0.6 is 11.6 Å². The lowest BCUT2D eigenvalue weighted by molar-refractivity contribution is 0.454. The number of hydrogen-bond donors (Lipinski definition) is 1. The van der Waals surface area contributed by atoms with Crippen molar-refractivity contribution in [1.82, 2.24) is 5.32 Å². The highest BCUT2D eigenvalue weighted by Crippen LogP contribution is 2.06. The molecule has 0 saturated carbocycles. The van der Waals surface area contributed by atoms with Crippen LogP contribution in [0.2, 0.25) is 0 Å². The first-order chi connectivity index (χ1) is 7.29. The summed E-state index contributed by atoms with van der Waals surface area (Å²) in [5.41, 5.74) is 0. The molecule has 16 heavy (non-hydrogen) atoms. The molecule has 0 aromatic rings. The Morgan fingerprint density at radius 3 is 2.12 bits per heavy atom. The van der Waals surface area contributed by atoms with Gasteiger partial charge in [-0.3, -0.25) is 0 Å². The van der Waals surface area contributed by atoms with Crippen LogP contribution in [0.15, 0.2) is 0 Å².